The van der Waals surface area contributed by atoms with Gasteiger partial charge in [-0.3, -0.25) is 0 Å². The van der Waals surface area contributed by atoms with E-state index in [0.717, 1.165) is 5.75 Å². The molecule has 1 aromatic carbocycles. The molecule has 0 fully saturated rings. The van der Waals surface area contributed by atoms with Crippen LogP contribution in [0.25, 0.3) is 0 Å². The maximum absolute atomic E-state index is 10.0. The molecule has 1 rings (SSSR count). The summed E-state index contributed by atoms with van der Waals surface area (Å²) in [6.45, 7) is 7.39. The van der Waals surface area contributed by atoms with Gasteiger partial charge in [-0.25, -0.2) is 0 Å². The van der Waals surface area contributed by atoms with E-state index in [1.54, 1.807) is 0 Å². The molecular formula is C18H31NO2. The minimum absolute atomic E-state index is 0.336. The molecule has 120 valence electrons. The SMILES string of the molecule is CCCCC(CCC)NCC(O)COc1cccc(C)c1. The molecule has 21 heavy (non-hydrogen) atoms. The first-order valence-electron chi connectivity index (χ1n) is 8.26. The number of hydrogen-bond acceptors (Lipinski definition) is 3. The number of nitrogens with one attached hydrogen (secondary N) is 1. The zero-order valence-corrected chi connectivity index (χ0v) is 13.8. The van der Waals surface area contributed by atoms with Crippen LogP contribution < -0.4 is 10.1 Å². The van der Waals surface area contributed by atoms with Crippen LogP contribution in [0.4, 0.5) is 0 Å². The van der Waals surface area contributed by atoms with Crippen LogP contribution in [0.5, 0.6) is 5.75 Å². The molecule has 2 unspecified atom stereocenters. The summed E-state index contributed by atoms with van der Waals surface area (Å²) >= 11 is 0. The summed E-state index contributed by atoms with van der Waals surface area (Å²) in [5.74, 6) is 0.824. The van der Waals surface area contributed by atoms with Gasteiger partial charge in [0.1, 0.15) is 18.5 Å². The maximum atomic E-state index is 10.0. The molecule has 0 radical (unpaired) electrons. The molecule has 0 bridgehead atoms. The highest BCUT2D eigenvalue weighted by Crippen LogP contribution is 2.12. The van der Waals surface area contributed by atoms with Crippen LogP contribution in [0.3, 0.4) is 0 Å². The van der Waals surface area contributed by atoms with Gasteiger partial charge in [-0.05, 0) is 37.5 Å². The molecule has 2 atom stereocenters. The lowest BCUT2D eigenvalue weighted by Crippen LogP contribution is -2.38. The van der Waals surface area contributed by atoms with Crippen LogP contribution in [0, 0.1) is 6.92 Å². The van der Waals surface area contributed by atoms with Gasteiger partial charge in [-0.1, -0.05) is 45.2 Å². The highest BCUT2D eigenvalue weighted by atomic mass is 16.5. The summed E-state index contributed by atoms with van der Waals surface area (Å²) in [6, 6.07) is 8.43. The second-order valence-electron chi connectivity index (χ2n) is 5.82. The molecule has 0 spiro atoms. The molecule has 0 saturated carbocycles. The number of hydrogen-bond donors (Lipinski definition) is 2. The van der Waals surface area contributed by atoms with Crippen molar-refractivity contribution in [3.05, 3.63) is 29.8 Å². The summed E-state index contributed by atoms with van der Waals surface area (Å²) in [4.78, 5) is 0. The van der Waals surface area contributed by atoms with Gasteiger partial charge in [-0.15, -0.1) is 0 Å². The van der Waals surface area contributed by atoms with Gasteiger partial charge in [0.05, 0.1) is 0 Å². The first-order valence-corrected chi connectivity index (χ1v) is 8.26. The Kier molecular flexibility index (Phi) is 9.11. The van der Waals surface area contributed by atoms with Crippen LogP contribution in [0.15, 0.2) is 24.3 Å². The molecule has 0 saturated heterocycles. The molecular weight excluding hydrogens is 262 g/mol. The zero-order chi connectivity index (χ0) is 15.5. The lowest BCUT2D eigenvalue weighted by molar-refractivity contribution is 0.102. The number of ether oxygens (including phenoxy) is 1. The summed E-state index contributed by atoms with van der Waals surface area (Å²) in [6.07, 6.45) is 5.54. The Morgan fingerprint density at radius 3 is 2.67 bits per heavy atom. The van der Waals surface area contributed by atoms with E-state index in [2.05, 4.69) is 19.2 Å². The first-order chi connectivity index (χ1) is 10.2. The molecule has 0 aliphatic carbocycles. The van der Waals surface area contributed by atoms with Crippen LogP contribution in [0.2, 0.25) is 0 Å². The molecule has 0 aliphatic heterocycles. The second-order valence-corrected chi connectivity index (χ2v) is 5.82. The van der Waals surface area contributed by atoms with E-state index in [1.807, 2.05) is 31.2 Å². The van der Waals surface area contributed by atoms with Crippen LogP contribution in [0.1, 0.15) is 51.5 Å². The molecule has 1 aromatic rings. The fourth-order valence-corrected chi connectivity index (χ4v) is 2.41. The van der Waals surface area contributed by atoms with Gasteiger partial charge in [-0.2, -0.15) is 0 Å². The normalized spacial score (nSPS) is 13.9. The van der Waals surface area contributed by atoms with E-state index < -0.39 is 6.10 Å². The fraction of sp³-hybridized carbons (Fsp3) is 0.667. The number of aliphatic hydroxyl groups is 1. The molecule has 0 heterocycles. The highest BCUT2D eigenvalue weighted by Gasteiger charge is 2.10. The Balaban J connectivity index is 2.26. The lowest BCUT2D eigenvalue weighted by atomic mass is 10.1. The summed E-state index contributed by atoms with van der Waals surface area (Å²) < 4.78 is 5.63. The minimum Gasteiger partial charge on any atom is -0.491 e. The van der Waals surface area contributed by atoms with Crippen molar-refractivity contribution in [3.8, 4) is 5.75 Å². The number of unbranched alkanes of at least 4 members (excludes halogenated alkanes) is 1. The minimum atomic E-state index is -0.466. The van der Waals surface area contributed by atoms with E-state index >= 15 is 0 Å². The van der Waals surface area contributed by atoms with Gasteiger partial charge in [0.2, 0.25) is 0 Å². The molecule has 2 N–H and O–H groups in total. The van der Waals surface area contributed by atoms with Crippen molar-refractivity contribution < 1.29 is 9.84 Å². The van der Waals surface area contributed by atoms with Crippen molar-refractivity contribution in [1.82, 2.24) is 5.32 Å². The van der Waals surface area contributed by atoms with E-state index in [-0.39, 0.29) is 0 Å². The van der Waals surface area contributed by atoms with Crippen molar-refractivity contribution in [3.63, 3.8) is 0 Å². The fourth-order valence-electron chi connectivity index (χ4n) is 2.41. The van der Waals surface area contributed by atoms with Crippen molar-refractivity contribution >= 4 is 0 Å². The van der Waals surface area contributed by atoms with E-state index in [1.165, 1.54) is 37.7 Å². The summed E-state index contributed by atoms with van der Waals surface area (Å²) in [7, 11) is 0. The third-order valence-electron chi connectivity index (χ3n) is 3.62. The van der Waals surface area contributed by atoms with Crippen molar-refractivity contribution in [1.29, 1.82) is 0 Å². The van der Waals surface area contributed by atoms with E-state index in [0.29, 0.717) is 19.2 Å². The number of aliphatic hydroxyl groups excluding tert-OH is 1. The molecule has 3 heteroatoms. The summed E-state index contributed by atoms with van der Waals surface area (Å²) in [5, 5.41) is 13.5. The Morgan fingerprint density at radius 2 is 2.00 bits per heavy atom. The number of rotatable bonds is 11. The van der Waals surface area contributed by atoms with Gasteiger partial charge in [0, 0.05) is 12.6 Å². The van der Waals surface area contributed by atoms with E-state index in [9.17, 15) is 5.11 Å². The Morgan fingerprint density at radius 1 is 1.19 bits per heavy atom. The van der Waals surface area contributed by atoms with Gasteiger partial charge in [0.25, 0.3) is 0 Å². The predicted molar refractivity (Wildman–Crippen MR) is 88.9 cm³/mol. The predicted octanol–water partition coefficient (Wildman–Crippen LogP) is 3.68. The first kappa shape index (κ1) is 18.0. The molecule has 0 amide bonds. The third kappa shape index (κ3) is 8.08. The Labute approximate surface area is 129 Å². The topological polar surface area (TPSA) is 41.5 Å². The monoisotopic (exact) mass is 293 g/mol. The van der Waals surface area contributed by atoms with Gasteiger partial charge < -0.3 is 15.2 Å². The quantitative estimate of drug-likeness (QED) is 0.654. The second kappa shape index (κ2) is 10.6. The smallest absolute Gasteiger partial charge is 0.119 e. The lowest BCUT2D eigenvalue weighted by Gasteiger charge is -2.20. The summed E-state index contributed by atoms with van der Waals surface area (Å²) in [5.41, 5.74) is 1.17. The van der Waals surface area contributed by atoms with Crippen LogP contribution >= 0.6 is 0 Å². The molecule has 0 aromatic heterocycles. The molecule has 0 aliphatic rings. The number of benzene rings is 1. The Hall–Kier alpha value is -1.06. The maximum Gasteiger partial charge on any atom is 0.119 e. The van der Waals surface area contributed by atoms with Crippen LogP contribution in [-0.4, -0.2) is 30.4 Å². The van der Waals surface area contributed by atoms with Gasteiger partial charge in [0.15, 0.2) is 0 Å². The largest absolute Gasteiger partial charge is 0.491 e. The standard InChI is InChI=1S/C18H31NO2/c1-4-6-10-16(8-5-2)19-13-17(20)14-21-18-11-7-9-15(3)12-18/h7,9,11-12,16-17,19-20H,4-6,8,10,13-14H2,1-3H3. The van der Waals surface area contributed by atoms with E-state index in [4.69, 9.17) is 4.74 Å². The van der Waals surface area contributed by atoms with Crippen molar-refractivity contribution in [2.24, 2.45) is 0 Å². The highest BCUT2D eigenvalue weighted by molar-refractivity contribution is 5.27. The van der Waals surface area contributed by atoms with Gasteiger partial charge >= 0.3 is 0 Å². The van der Waals surface area contributed by atoms with Crippen molar-refractivity contribution in [2.75, 3.05) is 13.2 Å². The van der Waals surface area contributed by atoms with Crippen LogP contribution in [-0.2, 0) is 0 Å². The Bertz CT molecular complexity index is 381. The molecule has 3 nitrogen and oxygen atoms in total. The third-order valence-corrected chi connectivity index (χ3v) is 3.62. The average molecular weight is 293 g/mol. The average Bonchev–Trinajstić information content (AvgIpc) is 2.48. The van der Waals surface area contributed by atoms with Crippen molar-refractivity contribution in [2.45, 2.75) is 65.0 Å². The number of aryl methyl sites for hydroxylation is 1. The zero-order valence-electron chi connectivity index (χ0n) is 13.8.